The number of aromatic carboxylic acids is 1. The van der Waals surface area contributed by atoms with E-state index >= 15 is 0 Å². The molecule has 3 aromatic rings. The van der Waals surface area contributed by atoms with Gasteiger partial charge in [-0.15, -0.1) is 0 Å². The average Bonchev–Trinajstić information content (AvgIpc) is 2.92. The van der Waals surface area contributed by atoms with Gasteiger partial charge in [-0.3, -0.25) is 4.90 Å². The van der Waals surface area contributed by atoms with Gasteiger partial charge in [0.1, 0.15) is 22.9 Å². The number of hydrogen-bond acceptors (Lipinski definition) is 6. The van der Waals surface area contributed by atoms with E-state index in [4.69, 9.17) is 22.1 Å². The van der Waals surface area contributed by atoms with E-state index < -0.39 is 5.97 Å². The number of nitrogens with zero attached hydrogens (tertiary/aromatic N) is 3. The van der Waals surface area contributed by atoms with Gasteiger partial charge in [0.2, 0.25) is 0 Å². The number of nitrogen functional groups attached to an aromatic ring is 1. The number of pyridine rings is 1. The van der Waals surface area contributed by atoms with Crippen molar-refractivity contribution in [2.45, 2.75) is 40.0 Å². The molecule has 2 heterocycles. The van der Waals surface area contributed by atoms with Gasteiger partial charge in [-0.25, -0.2) is 9.78 Å². The summed E-state index contributed by atoms with van der Waals surface area (Å²) in [4.78, 5) is 20.9. The smallest absolute Gasteiger partial charge is 0.339 e. The number of nitrogens with two attached hydrogens (primary N) is 1. The van der Waals surface area contributed by atoms with Crippen LogP contribution < -0.4 is 15.4 Å². The van der Waals surface area contributed by atoms with E-state index in [0.29, 0.717) is 22.7 Å². The van der Waals surface area contributed by atoms with E-state index in [1.807, 2.05) is 31.2 Å². The number of allylic oxidation sites excluding steroid dienone is 1. The maximum absolute atomic E-state index is 11.9. The summed E-state index contributed by atoms with van der Waals surface area (Å²) in [6, 6.07) is 15.3. The fourth-order valence-corrected chi connectivity index (χ4v) is 5.74. The van der Waals surface area contributed by atoms with Gasteiger partial charge >= 0.3 is 5.97 Å². The summed E-state index contributed by atoms with van der Waals surface area (Å²) in [5, 5.41) is 10.5. The molecule has 7 nitrogen and oxygen atoms in total. The van der Waals surface area contributed by atoms with Crippen molar-refractivity contribution in [2.24, 2.45) is 5.41 Å². The van der Waals surface area contributed by atoms with Gasteiger partial charge in [-0.05, 0) is 78.6 Å². The Kier molecular flexibility index (Phi) is 8.06. The molecule has 8 heteroatoms. The molecule has 1 fully saturated rings. The molecule has 1 saturated heterocycles. The molecule has 0 spiro atoms. The van der Waals surface area contributed by atoms with Crippen LogP contribution in [0.2, 0.25) is 5.02 Å². The van der Waals surface area contributed by atoms with Gasteiger partial charge in [0, 0.05) is 49.5 Å². The van der Waals surface area contributed by atoms with Crippen LogP contribution in [0.1, 0.15) is 54.6 Å². The normalized spacial score (nSPS) is 17.6. The predicted molar refractivity (Wildman–Crippen MR) is 162 cm³/mol. The van der Waals surface area contributed by atoms with Crippen molar-refractivity contribution < 1.29 is 14.6 Å². The van der Waals surface area contributed by atoms with Gasteiger partial charge in [0.05, 0.1) is 6.20 Å². The minimum atomic E-state index is -1.04. The molecule has 1 aliphatic heterocycles. The largest absolute Gasteiger partial charge is 0.478 e. The van der Waals surface area contributed by atoms with Crippen LogP contribution in [0.3, 0.4) is 0 Å². The van der Waals surface area contributed by atoms with Crippen LogP contribution in [0.15, 0.2) is 60.3 Å². The van der Waals surface area contributed by atoms with Crippen LogP contribution >= 0.6 is 11.6 Å². The lowest BCUT2D eigenvalue weighted by atomic mass is 9.72. The number of rotatable bonds is 7. The van der Waals surface area contributed by atoms with E-state index in [1.165, 1.54) is 29.3 Å². The molecule has 40 heavy (non-hydrogen) atoms. The highest BCUT2D eigenvalue weighted by Crippen LogP contribution is 2.43. The summed E-state index contributed by atoms with van der Waals surface area (Å²) in [7, 11) is 0. The lowest BCUT2D eigenvalue weighted by Crippen LogP contribution is -2.47. The molecular weight excluding hydrogens is 524 g/mol. The summed E-state index contributed by atoms with van der Waals surface area (Å²) in [6.07, 6.45) is 4.90. The van der Waals surface area contributed by atoms with Crippen molar-refractivity contribution in [3.8, 4) is 11.5 Å². The van der Waals surface area contributed by atoms with Crippen molar-refractivity contribution >= 4 is 34.6 Å². The standard InChI is InChI=1S/C32H37ClN4O3/c1-21-16-26(19-35-30(21)34)40-29-17-25(8-9-27(29)31(38)39)37-14-12-36(13-15-37)20-23-10-11-32(2,3)18-28(23)22-4-6-24(33)7-5-22/h4-9,16-17,19H,10-15,18,20H2,1-3H3,(H2,34,35)(H,38,39). The first-order valence-corrected chi connectivity index (χ1v) is 14.2. The van der Waals surface area contributed by atoms with Gasteiger partial charge in [-0.1, -0.05) is 43.2 Å². The van der Waals surface area contributed by atoms with E-state index in [9.17, 15) is 9.90 Å². The second-order valence-electron chi connectivity index (χ2n) is 11.7. The Morgan fingerprint density at radius 2 is 1.82 bits per heavy atom. The molecule has 0 radical (unpaired) electrons. The van der Waals surface area contributed by atoms with Gasteiger partial charge < -0.3 is 20.5 Å². The molecule has 2 aromatic carbocycles. The highest BCUT2D eigenvalue weighted by Gasteiger charge is 2.29. The summed E-state index contributed by atoms with van der Waals surface area (Å²) < 4.78 is 5.99. The fraction of sp³-hybridized carbons (Fsp3) is 0.375. The lowest BCUT2D eigenvalue weighted by Gasteiger charge is -2.39. The highest BCUT2D eigenvalue weighted by molar-refractivity contribution is 6.30. The Balaban J connectivity index is 1.30. The van der Waals surface area contributed by atoms with Crippen LogP contribution in [0.5, 0.6) is 11.5 Å². The van der Waals surface area contributed by atoms with Crippen molar-refractivity contribution in [1.82, 2.24) is 9.88 Å². The number of carboxylic acids is 1. The van der Waals surface area contributed by atoms with Gasteiger partial charge in [-0.2, -0.15) is 0 Å². The number of carboxylic acid groups (broad SMARTS) is 1. The summed E-state index contributed by atoms with van der Waals surface area (Å²) in [5.74, 6) is 0.134. The number of halogens is 1. The van der Waals surface area contributed by atoms with Crippen molar-refractivity contribution in [1.29, 1.82) is 0 Å². The SMILES string of the molecule is Cc1cc(Oc2cc(N3CCN(CC4=C(c5ccc(Cl)cc5)CC(C)(C)CC4)CC3)ccc2C(=O)O)cnc1N. The molecule has 210 valence electrons. The topological polar surface area (TPSA) is 91.9 Å². The summed E-state index contributed by atoms with van der Waals surface area (Å²) >= 11 is 6.18. The van der Waals surface area contributed by atoms with Gasteiger partial charge in [0.15, 0.2) is 0 Å². The number of hydrogen-bond donors (Lipinski definition) is 2. The van der Waals surface area contributed by atoms with Crippen LogP contribution in [0.4, 0.5) is 11.5 Å². The molecule has 0 saturated carbocycles. The molecule has 0 bridgehead atoms. The number of piperazine rings is 1. The minimum absolute atomic E-state index is 0.110. The second kappa shape index (κ2) is 11.5. The Hall–Kier alpha value is -3.55. The Morgan fingerprint density at radius 3 is 2.50 bits per heavy atom. The van der Waals surface area contributed by atoms with Crippen LogP contribution in [-0.2, 0) is 0 Å². The molecule has 1 aliphatic carbocycles. The lowest BCUT2D eigenvalue weighted by molar-refractivity contribution is 0.0694. The van der Waals surface area contributed by atoms with E-state index in [2.05, 4.69) is 40.8 Å². The number of carbonyl (C=O) groups is 1. The molecule has 0 unspecified atom stereocenters. The third-order valence-corrected chi connectivity index (χ3v) is 8.30. The summed E-state index contributed by atoms with van der Waals surface area (Å²) in [5.41, 5.74) is 12.2. The Bertz CT molecular complexity index is 1430. The molecule has 2 aliphatic rings. The number of aromatic nitrogens is 1. The van der Waals surface area contributed by atoms with E-state index in [1.54, 1.807) is 12.1 Å². The van der Waals surface area contributed by atoms with Crippen LogP contribution in [0, 0.1) is 12.3 Å². The molecule has 5 rings (SSSR count). The first-order valence-electron chi connectivity index (χ1n) is 13.8. The molecule has 1 aromatic heterocycles. The minimum Gasteiger partial charge on any atom is -0.478 e. The molecule has 0 amide bonds. The molecule has 3 N–H and O–H groups in total. The van der Waals surface area contributed by atoms with Crippen molar-refractivity contribution in [3.63, 3.8) is 0 Å². The van der Waals surface area contributed by atoms with Gasteiger partial charge in [0.25, 0.3) is 0 Å². The average molecular weight is 561 g/mol. The first-order chi connectivity index (χ1) is 19.1. The fourth-order valence-electron chi connectivity index (χ4n) is 5.61. The third kappa shape index (κ3) is 6.43. The second-order valence-corrected chi connectivity index (χ2v) is 12.1. The third-order valence-electron chi connectivity index (χ3n) is 8.05. The maximum Gasteiger partial charge on any atom is 0.339 e. The predicted octanol–water partition coefficient (Wildman–Crippen LogP) is 6.90. The Labute approximate surface area is 241 Å². The summed E-state index contributed by atoms with van der Waals surface area (Å²) in [6.45, 7) is 11.1. The molecule has 0 atom stereocenters. The zero-order valence-electron chi connectivity index (χ0n) is 23.4. The number of ether oxygens (including phenoxy) is 1. The van der Waals surface area contributed by atoms with E-state index in [-0.39, 0.29) is 5.56 Å². The first kappa shape index (κ1) is 28.0. The molecular formula is C32H37ClN4O3. The number of benzene rings is 2. The maximum atomic E-state index is 11.9. The number of aryl methyl sites for hydroxylation is 1. The highest BCUT2D eigenvalue weighted by atomic mass is 35.5. The van der Waals surface area contributed by atoms with Crippen molar-refractivity contribution in [3.05, 3.63) is 82.0 Å². The van der Waals surface area contributed by atoms with Crippen LogP contribution in [-0.4, -0.2) is 53.7 Å². The zero-order chi connectivity index (χ0) is 28.4. The quantitative estimate of drug-likeness (QED) is 0.324. The number of anilines is 2. The monoisotopic (exact) mass is 560 g/mol. The van der Waals surface area contributed by atoms with Crippen LogP contribution in [0.25, 0.3) is 5.57 Å². The van der Waals surface area contributed by atoms with E-state index in [0.717, 1.165) is 61.8 Å². The van der Waals surface area contributed by atoms with Crippen molar-refractivity contribution in [2.75, 3.05) is 43.4 Å². The zero-order valence-corrected chi connectivity index (χ0v) is 24.2. The Morgan fingerprint density at radius 1 is 1.10 bits per heavy atom.